The summed E-state index contributed by atoms with van der Waals surface area (Å²) in [5, 5.41) is 0.553. The first-order valence-corrected chi connectivity index (χ1v) is 7.62. The lowest BCUT2D eigenvalue weighted by Gasteiger charge is -2.58. The number of ether oxygens (including phenoxy) is 1. The van der Waals surface area contributed by atoms with Crippen LogP contribution in [0.25, 0.3) is 0 Å². The summed E-state index contributed by atoms with van der Waals surface area (Å²) in [6, 6.07) is 0. The van der Waals surface area contributed by atoms with Crippen LogP contribution in [0, 0.1) is 23.7 Å². The third-order valence-electron chi connectivity index (χ3n) is 5.35. The Morgan fingerprint density at radius 1 is 1.06 bits per heavy atom. The molecule has 0 radical (unpaired) electrons. The normalized spacial score (nSPS) is 58.4. The van der Waals surface area contributed by atoms with Gasteiger partial charge in [-0.1, -0.05) is 6.08 Å². The van der Waals surface area contributed by atoms with Crippen LogP contribution in [0.15, 0.2) is 12.7 Å². The van der Waals surface area contributed by atoms with Gasteiger partial charge in [0.2, 0.25) is 0 Å². The van der Waals surface area contributed by atoms with E-state index < -0.39 is 0 Å². The highest BCUT2D eigenvalue weighted by molar-refractivity contribution is 8.01. The van der Waals surface area contributed by atoms with Crippen molar-refractivity contribution in [1.29, 1.82) is 0 Å². The van der Waals surface area contributed by atoms with Crippen LogP contribution in [0.4, 0.5) is 0 Å². The highest BCUT2D eigenvalue weighted by Gasteiger charge is 2.60. The molecule has 5 rings (SSSR count). The average molecular weight is 236 g/mol. The van der Waals surface area contributed by atoms with Crippen molar-refractivity contribution in [2.45, 2.75) is 42.3 Å². The van der Waals surface area contributed by atoms with Gasteiger partial charge in [-0.3, -0.25) is 0 Å². The van der Waals surface area contributed by atoms with Crippen molar-refractivity contribution in [2.24, 2.45) is 23.7 Å². The Labute approximate surface area is 102 Å². The van der Waals surface area contributed by atoms with Crippen LogP contribution in [0.5, 0.6) is 0 Å². The molecule has 0 N–H and O–H groups in total. The van der Waals surface area contributed by atoms with E-state index in [1.165, 1.54) is 32.1 Å². The Hall–Kier alpha value is 0.0500. The molecule has 0 unspecified atom stereocenters. The highest BCUT2D eigenvalue weighted by Crippen LogP contribution is 2.65. The summed E-state index contributed by atoms with van der Waals surface area (Å²) < 4.78 is 6.31. The minimum absolute atomic E-state index is 0.215. The summed E-state index contributed by atoms with van der Waals surface area (Å²) in [7, 11) is 0. The van der Waals surface area contributed by atoms with E-state index in [2.05, 4.69) is 24.4 Å². The first-order valence-electron chi connectivity index (χ1n) is 6.74. The van der Waals surface area contributed by atoms with Gasteiger partial charge in [-0.2, -0.15) is 0 Å². The Bertz CT molecular complexity index is 297. The van der Waals surface area contributed by atoms with E-state index in [1.54, 1.807) is 0 Å². The Kier molecular flexibility index (Phi) is 2.06. The van der Waals surface area contributed by atoms with Gasteiger partial charge in [0.05, 0.1) is 6.61 Å². The van der Waals surface area contributed by atoms with E-state index in [9.17, 15) is 0 Å². The lowest BCUT2D eigenvalue weighted by atomic mass is 9.54. The molecular weight excluding hydrogens is 216 g/mol. The molecule has 0 aromatic rings. The Morgan fingerprint density at radius 2 is 1.69 bits per heavy atom. The quantitative estimate of drug-likeness (QED) is 0.645. The maximum absolute atomic E-state index is 6.31. The van der Waals surface area contributed by atoms with Crippen LogP contribution < -0.4 is 0 Å². The summed E-state index contributed by atoms with van der Waals surface area (Å²) in [5.74, 6) is 3.80. The first kappa shape index (κ1) is 10.0. The summed E-state index contributed by atoms with van der Waals surface area (Å²) in [5.41, 5.74) is 0. The third-order valence-corrected chi connectivity index (χ3v) is 7.13. The second kappa shape index (κ2) is 3.29. The fraction of sp³-hybridized carbons (Fsp3) is 0.857. The molecule has 0 aromatic heterocycles. The molecule has 4 saturated carbocycles. The molecule has 0 amide bonds. The minimum Gasteiger partial charge on any atom is -0.362 e. The molecule has 16 heavy (non-hydrogen) atoms. The van der Waals surface area contributed by atoms with Gasteiger partial charge in [0, 0.05) is 5.25 Å². The van der Waals surface area contributed by atoms with Gasteiger partial charge in [0.25, 0.3) is 0 Å². The molecule has 2 heteroatoms. The number of hydrogen-bond acceptors (Lipinski definition) is 2. The zero-order valence-electron chi connectivity index (χ0n) is 9.73. The molecule has 1 aliphatic heterocycles. The fourth-order valence-corrected chi connectivity index (χ4v) is 6.51. The van der Waals surface area contributed by atoms with Crippen molar-refractivity contribution < 1.29 is 4.74 Å². The SMILES string of the molecule is C=C[C@H]1COC2(S1)C1CC3CC(C1)CC2C3. The molecule has 4 bridgehead atoms. The molecule has 5 fully saturated rings. The summed E-state index contributed by atoms with van der Waals surface area (Å²) in [6.07, 6.45) is 9.41. The maximum Gasteiger partial charge on any atom is 0.120 e. The summed E-state index contributed by atoms with van der Waals surface area (Å²) in [6.45, 7) is 4.85. The van der Waals surface area contributed by atoms with Crippen LogP contribution in [0.2, 0.25) is 0 Å². The van der Waals surface area contributed by atoms with E-state index >= 15 is 0 Å². The van der Waals surface area contributed by atoms with Gasteiger partial charge in [-0.05, 0) is 55.8 Å². The van der Waals surface area contributed by atoms with Crippen molar-refractivity contribution in [3.63, 3.8) is 0 Å². The van der Waals surface area contributed by atoms with Crippen molar-refractivity contribution >= 4 is 11.8 Å². The van der Waals surface area contributed by atoms with Gasteiger partial charge in [-0.25, -0.2) is 0 Å². The summed E-state index contributed by atoms with van der Waals surface area (Å²) >= 11 is 2.11. The topological polar surface area (TPSA) is 9.23 Å². The van der Waals surface area contributed by atoms with E-state index in [1.807, 2.05) is 0 Å². The fourth-order valence-electron chi connectivity index (χ4n) is 4.90. The van der Waals surface area contributed by atoms with E-state index in [4.69, 9.17) is 4.74 Å². The number of thioether (sulfide) groups is 1. The maximum atomic E-state index is 6.31. The van der Waals surface area contributed by atoms with E-state index in [-0.39, 0.29) is 4.93 Å². The third kappa shape index (κ3) is 1.18. The Morgan fingerprint density at radius 3 is 2.19 bits per heavy atom. The second-order valence-corrected chi connectivity index (χ2v) is 7.71. The van der Waals surface area contributed by atoms with Crippen LogP contribution >= 0.6 is 11.8 Å². The monoisotopic (exact) mass is 236 g/mol. The average Bonchev–Trinajstić information content (AvgIpc) is 2.70. The van der Waals surface area contributed by atoms with Crippen LogP contribution in [-0.2, 0) is 4.74 Å². The molecule has 4 aliphatic carbocycles. The van der Waals surface area contributed by atoms with Gasteiger partial charge < -0.3 is 4.74 Å². The van der Waals surface area contributed by atoms with Crippen LogP contribution in [0.3, 0.4) is 0 Å². The molecule has 1 heterocycles. The van der Waals surface area contributed by atoms with E-state index in [0.29, 0.717) is 5.25 Å². The summed E-state index contributed by atoms with van der Waals surface area (Å²) in [4.78, 5) is 0.215. The minimum atomic E-state index is 0.215. The zero-order chi connectivity index (χ0) is 10.8. The van der Waals surface area contributed by atoms with Gasteiger partial charge in [-0.15, -0.1) is 18.3 Å². The van der Waals surface area contributed by atoms with Crippen molar-refractivity contribution in [2.75, 3.05) is 6.61 Å². The first-order chi connectivity index (χ1) is 7.80. The van der Waals surface area contributed by atoms with Crippen LogP contribution in [0.1, 0.15) is 32.1 Å². The lowest BCUT2D eigenvalue weighted by Crippen LogP contribution is -2.55. The van der Waals surface area contributed by atoms with Gasteiger partial charge in [0.15, 0.2) is 0 Å². The van der Waals surface area contributed by atoms with Gasteiger partial charge >= 0.3 is 0 Å². The molecule has 1 atom stereocenters. The van der Waals surface area contributed by atoms with Crippen molar-refractivity contribution in [3.8, 4) is 0 Å². The zero-order valence-corrected chi connectivity index (χ0v) is 10.5. The molecule has 0 aromatic carbocycles. The largest absolute Gasteiger partial charge is 0.362 e. The molecule has 1 spiro atoms. The van der Waals surface area contributed by atoms with Crippen LogP contribution in [-0.4, -0.2) is 16.8 Å². The van der Waals surface area contributed by atoms with E-state index in [0.717, 1.165) is 30.3 Å². The second-order valence-electron chi connectivity index (χ2n) is 6.23. The molecule has 1 saturated heterocycles. The standard InChI is InChI=1S/C14H20OS/c1-2-13-8-15-14(16-13)11-4-9-3-10(6-11)7-12(14)5-9/h2,9-13H,1,3-8H2/t9?,10?,11?,12?,13-,14?/m0/s1. The smallest absolute Gasteiger partial charge is 0.120 e. The van der Waals surface area contributed by atoms with Gasteiger partial charge in [0.1, 0.15) is 4.93 Å². The molecule has 5 aliphatic rings. The predicted molar refractivity (Wildman–Crippen MR) is 67.3 cm³/mol. The van der Waals surface area contributed by atoms with Crippen molar-refractivity contribution in [1.82, 2.24) is 0 Å². The number of hydrogen-bond donors (Lipinski definition) is 0. The highest BCUT2D eigenvalue weighted by atomic mass is 32.2. The Balaban J connectivity index is 1.67. The molecule has 1 nitrogen and oxygen atoms in total. The molecule has 88 valence electrons. The predicted octanol–water partition coefficient (Wildman–Crippen LogP) is 3.46. The van der Waals surface area contributed by atoms with Crippen molar-refractivity contribution in [3.05, 3.63) is 12.7 Å². The molecular formula is C14H20OS. The number of rotatable bonds is 1. The lowest BCUT2D eigenvalue weighted by molar-refractivity contribution is -0.138.